The summed E-state index contributed by atoms with van der Waals surface area (Å²) in [5, 5.41) is 13.7. The summed E-state index contributed by atoms with van der Waals surface area (Å²) >= 11 is 31.6. The van der Waals surface area contributed by atoms with E-state index in [1.165, 1.54) is 0 Å². The van der Waals surface area contributed by atoms with Crippen molar-refractivity contribution in [3.8, 4) is 0 Å². The second-order valence-electron chi connectivity index (χ2n) is 4.61. The Morgan fingerprint density at radius 3 is 0.880 bits per heavy atom. The van der Waals surface area contributed by atoms with Crippen molar-refractivity contribution in [1.82, 2.24) is 29.1 Å². The molecule has 0 unspecified atom stereocenters. The molecule has 0 saturated carbocycles. The lowest BCUT2D eigenvalue weighted by atomic mass is 9.96. The molecule has 3 aromatic rings. The van der Waals surface area contributed by atoms with Gasteiger partial charge in [-0.1, -0.05) is 0 Å². The van der Waals surface area contributed by atoms with Gasteiger partial charge in [-0.2, -0.15) is 0 Å². The van der Waals surface area contributed by atoms with Gasteiger partial charge in [-0.25, -0.2) is 15.3 Å². The molecule has 134 valence electrons. The smallest absolute Gasteiger partial charge is 0.329 e. The average Bonchev–Trinajstić information content (AvgIpc) is 3.08. The van der Waals surface area contributed by atoms with Crippen LogP contribution in [0.2, 0.25) is 0 Å². The highest BCUT2D eigenvalue weighted by atomic mass is 79.9. The number of rotatable bonds is 3. The fourth-order valence-electron chi connectivity index (χ4n) is 2.12. The Kier molecular flexibility index (Phi) is 7.30. The maximum absolute atomic E-state index is 4.57. The monoisotopic (exact) mass is 914 g/mol. The van der Waals surface area contributed by atoms with Crippen molar-refractivity contribution in [1.29, 1.82) is 0 Å². The third-order valence-electron chi connectivity index (χ3n) is 3.20. The summed E-state index contributed by atoms with van der Waals surface area (Å²) in [5.74, 6) is 0. The summed E-state index contributed by atoms with van der Waals surface area (Å²) in [6.07, 6.45) is 0. The van der Waals surface area contributed by atoms with E-state index in [-0.39, 0.29) is 0 Å². The average molecular weight is 923 g/mol. The first-order valence-electron chi connectivity index (χ1n) is 6.09. The van der Waals surface area contributed by atoms with Gasteiger partial charge in [-0.15, -0.1) is 0 Å². The first-order valence-corrected chi connectivity index (χ1v) is 13.2. The molecule has 0 aliphatic rings. The van der Waals surface area contributed by atoms with Crippen LogP contribution in [-0.2, 0) is 0 Å². The molecule has 3 rings (SSSR count). The number of hydrogen-bond acceptors (Lipinski definition) is 3. The zero-order chi connectivity index (χ0) is 18.6. The normalized spacial score (nSPS) is 11.8. The molecule has 3 aromatic heterocycles. The molecular weight excluding hydrogens is 922 g/mol. The van der Waals surface area contributed by atoms with Gasteiger partial charge in [0.05, 0.1) is 27.2 Å². The van der Waals surface area contributed by atoms with Crippen molar-refractivity contribution in [2.75, 3.05) is 0 Å². The second kappa shape index (κ2) is 8.40. The zero-order valence-electron chi connectivity index (χ0n) is 11.3. The molecule has 0 aromatic carbocycles. The Morgan fingerprint density at radius 2 is 0.720 bits per heavy atom. The lowest BCUT2D eigenvalue weighted by Crippen LogP contribution is -2.44. The van der Waals surface area contributed by atoms with Gasteiger partial charge in [-0.05, 0) is 143 Å². The summed E-state index contributed by atoms with van der Waals surface area (Å²) in [4.78, 5) is 0. The first kappa shape index (κ1) is 21.7. The minimum absolute atomic E-state index is 0.666. The van der Waals surface area contributed by atoms with Gasteiger partial charge in [0.15, 0.2) is 0 Å². The van der Waals surface area contributed by atoms with Crippen molar-refractivity contribution in [3.63, 3.8) is 0 Å². The SMILES string of the molecule is Brc1nn([BH-](n2nc(Br)c(Br)c2Br)n2nc(Br)c(Br)c2Br)c(Br)c1Br. The van der Waals surface area contributed by atoms with Crippen molar-refractivity contribution in [2.24, 2.45) is 0 Å². The van der Waals surface area contributed by atoms with Crippen molar-refractivity contribution >= 4 is 150 Å². The largest absolute Gasteiger partial charge is 0.389 e. The van der Waals surface area contributed by atoms with Crippen molar-refractivity contribution in [2.45, 2.75) is 0 Å². The fourth-order valence-corrected chi connectivity index (χ4v) is 6.38. The van der Waals surface area contributed by atoms with E-state index in [4.69, 9.17) is 0 Å². The minimum atomic E-state index is -1.64. The summed E-state index contributed by atoms with van der Waals surface area (Å²) < 4.78 is 12.1. The van der Waals surface area contributed by atoms with Crippen LogP contribution in [0.1, 0.15) is 0 Å². The van der Waals surface area contributed by atoms with Gasteiger partial charge < -0.3 is 13.8 Å². The van der Waals surface area contributed by atoms with E-state index < -0.39 is 7.12 Å². The van der Waals surface area contributed by atoms with Crippen LogP contribution < -0.4 is 0 Å². The maximum atomic E-state index is 4.57. The minimum Gasteiger partial charge on any atom is -0.389 e. The number of nitrogens with zero attached hydrogens (tertiary/aromatic N) is 6. The van der Waals surface area contributed by atoms with Gasteiger partial charge in [0.2, 0.25) is 0 Å². The van der Waals surface area contributed by atoms with E-state index in [2.05, 4.69) is 159 Å². The van der Waals surface area contributed by atoms with Gasteiger partial charge in [0.1, 0.15) is 13.8 Å². The second-order valence-corrected chi connectivity index (χ2v) is 11.5. The molecule has 0 bridgehead atoms. The molecule has 0 fully saturated rings. The lowest BCUT2D eigenvalue weighted by molar-refractivity contribution is 0.743. The third kappa shape index (κ3) is 3.90. The first-order chi connectivity index (χ1) is 11.6. The summed E-state index contributed by atoms with van der Waals surface area (Å²) in [7, 11) is -1.64. The standard InChI is InChI=1S/C9HBBr9N6/c11-1-4(14)20-23(7(1)17)10(24-8(18)2(12)5(15)21-24)25-9(19)3(13)6(16)22-25/h10H/q-1. The Hall–Kier alpha value is 2.01. The van der Waals surface area contributed by atoms with E-state index in [1.807, 2.05) is 0 Å². The predicted octanol–water partition coefficient (Wildman–Crippen LogP) is 6.80. The lowest BCUT2D eigenvalue weighted by Gasteiger charge is -2.29. The molecule has 0 radical (unpaired) electrons. The molecule has 0 aliphatic carbocycles. The third-order valence-corrected chi connectivity index (χ3v) is 12.7. The Labute approximate surface area is 217 Å². The molecule has 16 heteroatoms. The van der Waals surface area contributed by atoms with Crippen LogP contribution in [0.25, 0.3) is 0 Å². The highest BCUT2D eigenvalue weighted by Crippen LogP contribution is 2.36. The topological polar surface area (TPSA) is 53.5 Å². The van der Waals surface area contributed by atoms with Crippen LogP contribution in [0, 0.1) is 0 Å². The molecule has 6 nitrogen and oxygen atoms in total. The molecule has 0 N–H and O–H groups in total. The van der Waals surface area contributed by atoms with Crippen LogP contribution in [0.5, 0.6) is 0 Å². The molecule has 0 spiro atoms. The quantitative estimate of drug-likeness (QED) is 0.272. The molecule has 3 heterocycles. The molecular formula is C9HBBr9N6-. The Balaban J connectivity index is 2.34. The summed E-state index contributed by atoms with van der Waals surface area (Å²) in [5.41, 5.74) is 0. The van der Waals surface area contributed by atoms with E-state index in [9.17, 15) is 0 Å². The van der Waals surface area contributed by atoms with E-state index in [0.29, 0.717) is 13.8 Å². The summed E-state index contributed by atoms with van der Waals surface area (Å²) in [6, 6.07) is 0. The van der Waals surface area contributed by atoms with Gasteiger partial charge >= 0.3 is 7.12 Å². The molecule has 0 aliphatic heterocycles. The van der Waals surface area contributed by atoms with Crippen LogP contribution in [0.4, 0.5) is 0 Å². The number of aromatic nitrogens is 6. The van der Waals surface area contributed by atoms with Gasteiger partial charge in [0.25, 0.3) is 0 Å². The maximum Gasteiger partial charge on any atom is 0.329 e. The van der Waals surface area contributed by atoms with Crippen LogP contribution in [-0.4, -0.2) is 36.2 Å². The molecule has 0 saturated heterocycles. The van der Waals surface area contributed by atoms with Crippen LogP contribution >= 0.6 is 143 Å². The van der Waals surface area contributed by atoms with Crippen LogP contribution in [0.15, 0.2) is 41.0 Å². The number of halogens is 9. The highest BCUT2D eigenvalue weighted by molar-refractivity contribution is 9.15. The van der Waals surface area contributed by atoms with Gasteiger partial charge in [0, 0.05) is 0 Å². The number of hydrogen-bond donors (Lipinski definition) is 0. The van der Waals surface area contributed by atoms with Crippen LogP contribution in [0.3, 0.4) is 0 Å². The summed E-state index contributed by atoms with van der Waals surface area (Å²) in [6.45, 7) is 0. The van der Waals surface area contributed by atoms with E-state index >= 15 is 0 Å². The zero-order valence-corrected chi connectivity index (χ0v) is 25.6. The van der Waals surface area contributed by atoms with Crippen molar-refractivity contribution < 1.29 is 0 Å². The predicted molar refractivity (Wildman–Crippen MR) is 129 cm³/mol. The van der Waals surface area contributed by atoms with E-state index in [0.717, 1.165) is 27.2 Å². The molecule has 0 atom stereocenters. The molecule has 25 heavy (non-hydrogen) atoms. The Bertz CT molecular complexity index is 853. The Morgan fingerprint density at radius 1 is 0.480 bits per heavy atom. The van der Waals surface area contributed by atoms with Crippen molar-refractivity contribution in [3.05, 3.63) is 41.0 Å². The van der Waals surface area contributed by atoms with Gasteiger partial charge in [-0.3, -0.25) is 0 Å². The fraction of sp³-hybridized carbons (Fsp3) is 0. The molecule has 0 amide bonds. The highest BCUT2D eigenvalue weighted by Gasteiger charge is 2.26. The van der Waals surface area contributed by atoms with E-state index in [1.54, 1.807) is 13.8 Å².